The van der Waals surface area contributed by atoms with Gasteiger partial charge in [-0.3, -0.25) is 14.3 Å². The molecule has 0 bridgehead atoms. The summed E-state index contributed by atoms with van der Waals surface area (Å²) in [5.74, 6) is 0.577. The van der Waals surface area contributed by atoms with E-state index < -0.39 is 13.7 Å². The maximum Gasteiger partial charge on any atom is 0.264 e. The number of hydrogen-bond acceptors (Lipinski definition) is 8. The van der Waals surface area contributed by atoms with Crippen molar-refractivity contribution in [3.05, 3.63) is 94.8 Å². The largest absolute Gasteiger partial charge is 0.497 e. The van der Waals surface area contributed by atoms with E-state index in [2.05, 4.69) is 47.8 Å². The molecule has 4 heterocycles. The van der Waals surface area contributed by atoms with Gasteiger partial charge in [0.15, 0.2) is 5.60 Å². The van der Waals surface area contributed by atoms with Gasteiger partial charge in [0.25, 0.3) is 5.91 Å². The minimum atomic E-state index is -2.34. The lowest BCUT2D eigenvalue weighted by Gasteiger charge is -2.37. The number of methoxy groups -OCH3 is 1. The Balaban J connectivity index is 1.24. The van der Waals surface area contributed by atoms with Gasteiger partial charge in [-0.2, -0.15) is 0 Å². The standard InChI is InChI=1S/C38H45ClN6O5Si/c1-25-36(51(3,4)31-12-10-30(49-2)11-13-31)34(15-18-43-24-28(16-20-46)41-42-43)50-38(25)32-21-27(39)7-14-33(32)45(37(38)48)23-26-5-8-29(9-6-26)44-19-17-40-22-35(44)47/h5-14,21,24-25,34,36,40,46H,15-20,22-23H2,1-4H3/t25-,34+,36-,38+/m1/s1. The molecular formula is C38H45ClN6O5Si. The van der Waals surface area contributed by atoms with Gasteiger partial charge in [-0.1, -0.05) is 66.3 Å². The van der Waals surface area contributed by atoms with Gasteiger partial charge in [-0.15, -0.1) is 5.10 Å². The number of aliphatic hydroxyl groups is 1. The molecule has 3 aliphatic heterocycles. The first-order chi connectivity index (χ1) is 24.6. The first kappa shape index (κ1) is 35.3. The third-order valence-corrected chi connectivity index (χ3v) is 15.7. The third kappa shape index (κ3) is 6.37. The van der Waals surface area contributed by atoms with Gasteiger partial charge < -0.3 is 29.7 Å². The fourth-order valence-electron chi connectivity index (χ4n) is 8.49. The zero-order valence-corrected chi connectivity index (χ0v) is 31.3. The van der Waals surface area contributed by atoms with Crippen LogP contribution in [-0.2, 0) is 39.4 Å². The summed E-state index contributed by atoms with van der Waals surface area (Å²) in [6.45, 7) is 9.50. The van der Waals surface area contributed by atoms with Crippen LogP contribution in [0.5, 0.6) is 5.75 Å². The number of aryl methyl sites for hydroxylation is 1. The molecule has 1 spiro atoms. The van der Waals surface area contributed by atoms with Crippen molar-refractivity contribution in [3.63, 3.8) is 0 Å². The minimum Gasteiger partial charge on any atom is -0.497 e. The van der Waals surface area contributed by atoms with E-state index in [9.17, 15) is 9.90 Å². The van der Waals surface area contributed by atoms with Crippen LogP contribution in [-0.4, -0.2) is 79.4 Å². The average molecular weight is 729 g/mol. The van der Waals surface area contributed by atoms with Crippen molar-refractivity contribution in [2.24, 2.45) is 5.92 Å². The number of ether oxygens (including phenoxy) is 2. The van der Waals surface area contributed by atoms with Gasteiger partial charge in [-0.05, 0) is 60.0 Å². The molecule has 3 aliphatic rings. The normalized spacial score (nSPS) is 23.4. The number of anilines is 2. The molecule has 51 heavy (non-hydrogen) atoms. The van der Waals surface area contributed by atoms with E-state index in [1.807, 2.05) is 65.7 Å². The van der Waals surface area contributed by atoms with Crippen molar-refractivity contribution in [1.29, 1.82) is 0 Å². The van der Waals surface area contributed by atoms with Crippen molar-refractivity contribution in [3.8, 4) is 5.75 Å². The third-order valence-electron chi connectivity index (χ3n) is 11.1. The highest BCUT2D eigenvalue weighted by atomic mass is 35.5. The molecule has 268 valence electrons. The SMILES string of the molecule is COc1ccc([Si](C)(C)[C@H]2[C@H](CCn3cc(CCO)nn3)O[C@@]3(C(=O)N(Cc4ccc(N5CCNCC5=O)cc4)c4ccc(Cl)cc43)[C@@H]2C)cc1. The van der Waals surface area contributed by atoms with Gasteiger partial charge in [0, 0.05) is 61.1 Å². The number of hydrogen-bond donors (Lipinski definition) is 2. The van der Waals surface area contributed by atoms with Crippen LogP contribution in [0.3, 0.4) is 0 Å². The van der Waals surface area contributed by atoms with Crippen LogP contribution < -0.4 is 25.0 Å². The van der Waals surface area contributed by atoms with E-state index in [-0.39, 0.29) is 36.0 Å². The Morgan fingerprint density at radius 2 is 1.86 bits per heavy atom. The van der Waals surface area contributed by atoms with Crippen LogP contribution in [0.2, 0.25) is 23.7 Å². The summed E-state index contributed by atoms with van der Waals surface area (Å²) in [4.78, 5) is 31.2. The first-order valence-corrected chi connectivity index (χ1v) is 21.1. The summed E-state index contributed by atoms with van der Waals surface area (Å²) in [7, 11) is -0.667. The number of piperazine rings is 1. The number of aromatic nitrogens is 3. The number of nitrogens with zero attached hydrogens (tertiary/aromatic N) is 5. The van der Waals surface area contributed by atoms with E-state index in [0.29, 0.717) is 44.0 Å². The summed E-state index contributed by atoms with van der Waals surface area (Å²) in [5.41, 5.74) is 2.95. The Morgan fingerprint density at radius 1 is 1.10 bits per heavy atom. The van der Waals surface area contributed by atoms with Crippen molar-refractivity contribution in [1.82, 2.24) is 20.3 Å². The fourth-order valence-corrected chi connectivity index (χ4v) is 12.7. The van der Waals surface area contributed by atoms with Crippen LogP contribution in [0.15, 0.2) is 72.9 Å². The minimum absolute atomic E-state index is 0.00868. The summed E-state index contributed by atoms with van der Waals surface area (Å²) in [6.07, 6.45) is 2.67. The molecule has 0 radical (unpaired) electrons. The average Bonchev–Trinajstić information content (AvgIpc) is 3.78. The number of rotatable bonds is 11. The maximum absolute atomic E-state index is 15.1. The Bertz CT molecular complexity index is 1900. The Kier molecular flexibility index (Phi) is 9.81. The topological polar surface area (TPSA) is 122 Å². The van der Waals surface area contributed by atoms with E-state index >= 15 is 4.79 Å². The summed E-state index contributed by atoms with van der Waals surface area (Å²) >= 11 is 6.69. The number of nitrogens with one attached hydrogen (secondary N) is 1. The zero-order valence-electron chi connectivity index (χ0n) is 29.5. The van der Waals surface area contributed by atoms with Crippen molar-refractivity contribution < 1.29 is 24.2 Å². The highest BCUT2D eigenvalue weighted by Gasteiger charge is 2.66. The molecule has 0 unspecified atom stereocenters. The lowest BCUT2D eigenvalue weighted by atomic mass is 9.82. The zero-order chi connectivity index (χ0) is 35.9. The molecule has 2 amide bonds. The van der Waals surface area contributed by atoms with Gasteiger partial charge in [0.2, 0.25) is 5.91 Å². The molecular weight excluding hydrogens is 684 g/mol. The number of benzene rings is 3. The molecule has 2 N–H and O–H groups in total. The van der Waals surface area contributed by atoms with Crippen molar-refractivity contribution >= 4 is 48.1 Å². The number of fused-ring (bicyclic) bond motifs is 2. The molecule has 2 fully saturated rings. The van der Waals surface area contributed by atoms with Gasteiger partial charge in [-0.25, -0.2) is 0 Å². The van der Waals surface area contributed by atoms with E-state index in [1.165, 1.54) is 5.19 Å². The first-order valence-electron chi connectivity index (χ1n) is 17.6. The second-order valence-electron chi connectivity index (χ2n) is 14.3. The Hall–Kier alpha value is -4.07. The Morgan fingerprint density at radius 3 is 2.57 bits per heavy atom. The number of carbonyl (C=O) groups excluding carboxylic acids is 2. The van der Waals surface area contributed by atoms with Gasteiger partial charge >= 0.3 is 0 Å². The molecule has 4 aromatic rings. The number of amides is 2. The second kappa shape index (κ2) is 14.2. The molecule has 3 aromatic carbocycles. The predicted octanol–water partition coefficient (Wildman–Crippen LogP) is 4.26. The van der Waals surface area contributed by atoms with E-state index in [4.69, 9.17) is 21.1 Å². The van der Waals surface area contributed by atoms with Gasteiger partial charge in [0.05, 0.1) is 45.8 Å². The van der Waals surface area contributed by atoms with Gasteiger partial charge in [0.1, 0.15) is 5.75 Å². The fraction of sp³-hybridized carbons (Fsp3) is 0.421. The van der Waals surface area contributed by atoms with E-state index in [1.54, 1.807) is 16.7 Å². The molecule has 13 heteroatoms. The van der Waals surface area contributed by atoms with Crippen LogP contribution in [0, 0.1) is 5.92 Å². The van der Waals surface area contributed by atoms with Crippen molar-refractivity contribution in [2.45, 2.75) is 63.2 Å². The van der Waals surface area contributed by atoms with Crippen molar-refractivity contribution in [2.75, 3.05) is 43.2 Å². The smallest absolute Gasteiger partial charge is 0.264 e. The number of halogens is 1. The number of aliphatic hydroxyl groups excluding tert-OH is 1. The lowest BCUT2D eigenvalue weighted by Crippen LogP contribution is -2.51. The van der Waals surface area contributed by atoms with Crippen LogP contribution >= 0.6 is 11.6 Å². The molecule has 11 nitrogen and oxygen atoms in total. The molecule has 1 aromatic heterocycles. The monoisotopic (exact) mass is 728 g/mol. The van der Waals surface area contributed by atoms with E-state index in [0.717, 1.165) is 40.5 Å². The predicted molar refractivity (Wildman–Crippen MR) is 199 cm³/mol. The highest BCUT2D eigenvalue weighted by Crippen LogP contribution is 2.60. The maximum atomic E-state index is 15.1. The molecule has 0 saturated carbocycles. The number of carbonyl (C=O) groups is 2. The highest BCUT2D eigenvalue weighted by molar-refractivity contribution is 6.91. The molecule has 0 aliphatic carbocycles. The summed E-state index contributed by atoms with van der Waals surface area (Å²) in [5, 5.41) is 22.8. The second-order valence-corrected chi connectivity index (χ2v) is 19.5. The molecule has 7 rings (SSSR count). The summed E-state index contributed by atoms with van der Waals surface area (Å²) in [6, 6.07) is 21.9. The van der Waals surface area contributed by atoms with Crippen LogP contribution in [0.4, 0.5) is 11.4 Å². The quantitative estimate of drug-likeness (QED) is 0.220. The Labute approximate surface area is 304 Å². The lowest BCUT2D eigenvalue weighted by molar-refractivity contribution is -0.146. The molecule has 4 atom stereocenters. The molecule has 2 saturated heterocycles. The summed E-state index contributed by atoms with van der Waals surface area (Å²) < 4.78 is 14.5. The van der Waals surface area contributed by atoms with Crippen LogP contribution in [0.1, 0.15) is 30.2 Å². The van der Waals surface area contributed by atoms with Crippen LogP contribution in [0.25, 0.3) is 0 Å².